The van der Waals surface area contributed by atoms with Crippen molar-refractivity contribution in [3.63, 3.8) is 0 Å². The third-order valence-corrected chi connectivity index (χ3v) is 3.56. The van der Waals surface area contributed by atoms with E-state index in [2.05, 4.69) is 10.3 Å². The molecule has 0 aliphatic heterocycles. The first-order chi connectivity index (χ1) is 9.41. The molecule has 1 amide bonds. The normalized spacial score (nSPS) is 16.2. The van der Waals surface area contributed by atoms with Gasteiger partial charge in [-0.3, -0.25) is 19.4 Å². The van der Waals surface area contributed by atoms with Gasteiger partial charge in [-0.2, -0.15) is 0 Å². The summed E-state index contributed by atoms with van der Waals surface area (Å²) in [7, 11) is 0. The van der Waals surface area contributed by atoms with Crippen molar-refractivity contribution in [3.05, 3.63) is 32.6 Å². The van der Waals surface area contributed by atoms with Gasteiger partial charge in [0.2, 0.25) is 5.91 Å². The molecule has 1 fully saturated rings. The second-order valence-electron chi connectivity index (χ2n) is 5.01. The summed E-state index contributed by atoms with van der Waals surface area (Å²) in [5.74, 6) is -1.34. The van der Waals surface area contributed by atoms with Crippen molar-refractivity contribution in [3.8, 4) is 0 Å². The largest absolute Gasteiger partial charge is 0.481 e. The third-order valence-electron chi connectivity index (χ3n) is 3.56. The van der Waals surface area contributed by atoms with Crippen molar-refractivity contribution in [2.45, 2.75) is 25.7 Å². The number of aliphatic carboxylic acids is 1. The molecule has 8 nitrogen and oxygen atoms in total. The molecule has 1 aliphatic carbocycles. The van der Waals surface area contributed by atoms with Crippen LogP contribution in [0.4, 0.5) is 0 Å². The number of hydrogen-bond acceptors (Lipinski definition) is 4. The molecular weight excluding hydrogens is 266 g/mol. The Bertz CT molecular complexity index is 613. The van der Waals surface area contributed by atoms with Gasteiger partial charge in [-0.25, -0.2) is 4.79 Å². The highest BCUT2D eigenvalue weighted by Gasteiger charge is 2.44. The summed E-state index contributed by atoms with van der Waals surface area (Å²) in [4.78, 5) is 49.3. The topological polar surface area (TPSA) is 132 Å². The minimum atomic E-state index is -0.909. The fourth-order valence-corrected chi connectivity index (χ4v) is 2.19. The van der Waals surface area contributed by atoms with E-state index in [1.54, 1.807) is 0 Å². The molecular formula is C12H15N3O5. The highest BCUT2D eigenvalue weighted by atomic mass is 16.4. The average molecular weight is 281 g/mol. The third kappa shape index (κ3) is 2.95. The molecule has 0 radical (unpaired) electrons. The molecule has 108 valence electrons. The van der Waals surface area contributed by atoms with Crippen molar-refractivity contribution >= 4 is 11.9 Å². The minimum Gasteiger partial charge on any atom is -0.481 e. The van der Waals surface area contributed by atoms with E-state index in [1.165, 1.54) is 0 Å². The zero-order valence-corrected chi connectivity index (χ0v) is 10.7. The SMILES string of the molecule is O=C(Cc1cc(=O)[nH]c(=O)[nH]1)NCC1(C(=O)O)CCC1. The van der Waals surface area contributed by atoms with Gasteiger partial charge >= 0.3 is 11.7 Å². The molecule has 0 aromatic carbocycles. The Labute approximate surface area is 113 Å². The van der Waals surface area contributed by atoms with E-state index in [-0.39, 0.29) is 18.7 Å². The molecule has 1 saturated carbocycles. The van der Waals surface area contributed by atoms with Gasteiger partial charge in [0, 0.05) is 18.3 Å². The number of carbonyl (C=O) groups excluding carboxylic acids is 1. The molecule has 1 heterocycles. The summed E-state index contributed by atoms with van der Waals surface area (Å²) in [6, 6.07) is 1.12. The van der Waals surface area contributed by atoms with Crippen molar-refractivity contribution in [2.24, 2.45) is 5.41 Å². The maximum absolute atomic E-state index is 11.7. The molecule has 0 spiro atoms. The summed E-state index contributed by atoms with van der Waals surface area (Å²) < 4.78 is 0. The highest BCUT2D eigenvalue weighted by Crippen LogP contribution is 2.40. The van der Waals surface area contributed by atoms with E-state index in [4.69, 9.17) is 5.11 Å². The summed E-state index contributed by atoms with van der Waals surface area (Å²) in [6.45, 7) is 0.0641. The first-order valence-corrected chi connectivity index (χ1v) is 6.24. The van der Waals surface area contributed by atoms with E-state index in [0.717, 1.165) is 12.5 Å². The molecule has 0 saturated heterocycles. The van der Waals surface area contributed by atoms with Gasteiger partial charge in [0.25, 0.3) is 5.56 Å². The van der Waals surface area contributed by atoms with Gasteiger partial charge in [0.1, 0.15) is 0 Å². The van der Waals surface area contributed by atoms with Crippen LogP contribution in [0.1, 0.15) is 25.0 Å². The number of aromatic amines is 2. The molecule has 1 aromatic heterocycles. The molecule has 0 bridgehead atoms. The van der Waals surface area contributed by atoms with Gasteiger partial charge in [-0.1, -0.05) is 6.42 Å². The molecule has 0 atom stereocenters. The van der Waals surface area contributed by atoms with Gasteiger partial charge in [0.15, 0.2) is 0 Å². The van der Waals surface area contributed by atoms with Crippen molar-refractivity contribution in [1.29, 1.82) is 0 Å². The number of rotatable bonds is 5. The van der Waals surface area contributed by atoms with E-state index in [0.29, 0.717) is 12.8 Å². The molecule has 0 unspecified atom stereocenters. The van der Waals surface area contributed by atoms with Crippen LogP contribution in [0.2, 0.25) is 0 Å². The lowest BCUT2D eigenvalue weighted by Gasteiger charge is -2.37. The summed E-state index contributed by atoms with van der Waals surface area (Å²) in [5.41, 5.74) is -1.94. The number of hydrogen-bond donors (Lipinski definition) is 4. The Hall–Kier alpha value is -2.38. The number of nitrogens with one attached hydrogen (secondary N) is 3. The second kappa shape index (κ2) is 5.32. The van der Waals surface area contributed by atoms with Crippen molar-refractivity contribution in [2.75, 3.05) is 6.54 Å². The Morgan fingerprint density at radius 2 is 2.00 bits per heavy atom. The van der Waals surface area contributed by atoms with Crippen LogP contribution in [-0.2, 0) is 16.0 Å². The predicted octanol–water partition coefficient (Wildman–Crippen LogP) is -1.02. The van der Waals surface area contributed by atoms with Crippen LogP contribution in [0.5, 0.6) is 0 Å². The maximum atomic E-state index is 11.7. The molecule has 8 heteroatoms. The second-order valence-corrected chi connectivity index (χ2v) is 5.01. The van der Waals surface area contributed by atoms with Crippen LogP contribution in [0, 0.1) is 5.41 Å². The quantitative estimate of drug-likeness (QED) is 0.548. The lowest BCUT2D eigenvalue weighted by molar-refractivity contribution is -0.154. The molecule has 4 N–H and O–H groups in total. The van der Waals surface area contributed by atoms with Crippen LogP contribution < -0.4 is 16.6 Å². The molecule has 1 aliphatic rings. The monoisotopic (exact) mass is 281 g/mol. The molecule has 1 aromatic rings. The average Bonchev–Trinajstić information content (AvgIpc) is 2.25. The number of carbonyl (C=O) groups is 2. The number of carboxylic acid groups (broad SMARTS) is 1. The number of H-pyrrole nitrogens is 2. The fraction of sp³-hybridized carbons (Fsp3) is 0.500. The van der Waals surface area contributed by atoms with Crippen LogP contribution in [0.15, 0.2) is 15.7 Å². The van der Waals surface area contributed by atoms with E-state index < -0.39 is 28.5 Å². The zero-order chi connectivity index (χ0) is 14.8. The van der Waals surface area contributed by atoms with E-state index >= 15 is 0 Å². The fourth-order valence-electron chi connectivity index (χ4n) is 2.19. The number of aromatic nitrogens is 2. The summed E-state index contributed by atoms with van der Waals surface area (Å²) in [6.07, 6.45) is 1.76. The lowest BCUT2D eigenvalue weighted by Crippen LogP contribution is -2.48. The zero-order valence-electron chi connectivity index (χ0n) is 10.7. The van der Waals surface area contributed by atoms with Gasteiger partial charge in [-0.15, -0.1) is 0 Å². The summed E-state index contributed by atoms with van der Waals surface area (Å²) in [5, 5.41) is 11.7. The van der Waals surface area contributed by atoms with Crippen LogP contribution in [0.25, 0.3) is 0 Å². The Kier molecular flexibility index (Phi) is 3.73. The maximum Gasteiger partial charge on any atom is 0.325 e. The lowest BCUT2D eigenvalue weighted by atomic mass is 9.69. The minimum absolute atomic E-state index is 0.0641. The van der Waals surface area contributed by atoms with Crippen molar-refractivity contribution < 1.29 is 14.7 Å². The van der Waals surface area contributed by atoms with Crippen molar-refractivity contribution in [1.82, 2.24) is 15.3 Å². The van der Waals surface area contributed by atoms with E-state index in [9.17, 15) is 19.2 Å². The first kappa shape index (κ1) is 14.0. The van der Waals surface area contributed by atoms with Gasteiger partial charge < -0.3 is 15.4 Å². The Morgan fingerprint density at radius 1 is 1.30 bits per heavy atom. The molecule has 2 rings (SSSR count). The smallest absolute Gasteiger partial charge is 0.325 e. The highest BCUT2D eigenvalue weighted by molar-refractivity contribution is 5.80. The Balaban J connectivity index is 1.94. The number of carboxylic acids is 1. The van der Waals surface area contributed by atoms with Gasteiger partial charge in [-0.05, 0) is 12.8 Å². The van der Waals surface area contributed by atoms with Crippen LogP contribution in [-0.4, -0.2) is 33.5 Å². The number of amides is 1. The Morgan fingerprint density at radius 3 is 2.50 bits per heavy atom. The van der Waals surface area contributed by atoms with E-state index in [1.807, 2.05) is 4.98 Å². The van der Waals surface area contributed by atoms with Crippen LogP contribution >= 0.6 is 0 Å². The first-order valence-electron chi connectivity index (χ1n) is 6.24. The van der Waals surface area contributed by atoms with Crippen LogP contribution in [0.3, 0.4) is 0 Å². The standard InChI is InChI=1S/C12H15N3O5/c16-8(4-7-5-9(17)15-11(20)14-7)13-6-12(10(18)19)2-1-3-12/h5H,1-4,6H2,(H,13,16)(H,18,19)(H2,14,15,17,20). The molecule has 20 heavy (non-hydrogen) atoms. The summed E-state index contributed by atoms with van der Waals surface area (Å²) >= 11 is 0. The predicted molar refractivity (Wildman–Crippen MR) is 68.3 cm³/mol. The van der Waals surface area contributed by atoms with Gasteiger partial charge in [0.05, 0.1) is 11.8 Å².